The fourth-order valence-electron chi connectivity index (χ4n) is 1.52. The van der Waals surface area contributed by atoms with E-state index in [1.165, 1.54) is 18.4 Å². The van der Waals surface area contributed by atoms with Crippen molar-refractivity contribution in [3.63, 3.8) is 0 Å². The monoisotopic (exact) mass is 205 g/mol. The third-order valence-electron chi connectivity index (χ3n) is 2.46. The van der Waals surface area contributed by atoms with Crippen molar-refractivity contribution in [1.82, 2.24) is 0 Å². The Balaban J connectivity index is 2.31. The molecule has 0 aromatic heterocycles. The molecule has 0 aliphatic rings. The first-order valence-corrected chi connectivity index (χ1v) is 5.73. The number of rotatable bonds is 6. The van der Waals surface area contributed by atoms with Crippen LogP contribution in [0.5, 0.6) is 5.75 Å². The zero-order valence-corrected chi connectivity index (χ0v) is 9.99. The SMILES string of the molecule is C[CH]CCCC(C)Oc1ccc(C)cc1. The van der Waals surface area contributed by atoms with E-state index in [-0.39, 0.29) is 0 Å². The van der Waals surface area contributed by atoms with Gasteiger partial charge in [0.25, 0.3) is 0 Å². The summed E-state index contributed by atoms with van der Waals surface area (Å²) >= 11 is 0. The van der Waals surface area contributed by atoms with Crippen LogP contribution in [0.25, 0.3) is 0 Å². The van der Waals surface area contributed by atoms with E-state index >= 15 is 0 Å². The molecule has 0 aliphatic heterocycles. The van der Waals surface area contributed by atoms with E-state index in [0.717, 1.165) is 12.2 Å². The summed E-state index contributed by atoms with van der Waals surface area (Å²) in [5.41, 5.74) is 1.27. The largest absolute Gasteiger partial charge is 0.491 e. The molecule has 1 aromatic carbocycles. The van der Waals surface area contributed by atoms with Gasteiger partial charge in [-0.25, -0.2) is 0 Å². The summed E-state index contributed by atoms with van der Waals surface area (Å²) < 4.78 is 5.80. The van der Waals surface area contributed by atoms with Gasteiger partial charge in [-0.05, 0) is 45.2 Å². The number of benzene rings is 1. The summed E-state index contributed by atoms with van der Waals surface area (Å²) in [4.78, 5) is 0. The Bertz CT molecular complexity index is 263. The van der Waals surface area contributed by atoms with Crippen LogP contribution in [0, 0.1) is 13.3 Å². The third kappa shape index (κ3) is 4.87. The highest BCUT2D eigenvalue weighted by molar-refractivity contribution is 5.26. The van der Waals surface area contributed by atoms with Gasteiger partial charge in [-0.2, -0.15) is 0 Å². The van der Waals surface area contributed by atoms with Crippen LogP contribution in [-0.4, -0.2) is 6.10 Å². The summed E-state index contributed by atoms with van der Waals surface area (Å²) in [7, 11) is 0. The quantitative estimate of drug-likeness (QED) is 0.634. The standard InChI is InChI=1S/C14H21O/c1-4-5-6-7-13(3)15-14-10-8-12(2)9-11-14/h4,8-11,13H,5-7H2,1-3H3. The molecule has 1 rings (SSSR count). The molecular formula is C14H21O. The third-order valence-corrected chi connectivity index (χ3v) is 2.46. The Morgan fingerprint density at radius 2 is 1.93 bits per heavy atom. The Morgan fingerprint density at radius 1 is 1.27 bits per heavy atom. The average Bonchev–Trinajstić information content (AvgIpc) is 2.22. The average molecular weight is 205 g/mol. The summed E-state index contributed by atoms with van der Waals surface area (Å²) in [6.45, 7) is 6.32. The molecule has 1 radical (unpaired) electrons. The van der Waals surface area contributed by atoms with Crippen molar-refractivity contribution in [2.45, 2.75) is 46.1 Å². The molecule has 0 N–H and O–H groups in total. The predicted molar refractivity (Wildman–Crippen MR) is 65.1 cm³/mol. The van der Waals surface area contributed by atoms with Crippen LogP contribution in [0.3, 0.4) is 0 Å². The Kier molecular flexibility index (Phi) is 5.23. The van der Waals surface area contributed by atoms with Gasteiger partial charge in [0, 0.05) is 0 Å². The zero-order valence-electron chi connectivity index (χ0n) is 9.99. The van der Waals surface area contributed by atoms with Crippen LogP contribution >= 0.6 is 0 Å². The van der Waals surface area contributed by atoms with Crippen LogP contribution < -0.4 is 4.74 Å². The minimum Gasteiger partial charge on any atom is -0.491 e. The predicted octanol–water partition coefficient (Wildman–Crippen LogP) is 4.16. The fraction of sp³-hybridized carbons (Fsp3) is 0.500. The number of unbranched alkanes of at least 4 members (excludes halogenated alkanes) is 2. The maximum absolute atomic E-state index is 5.80. The lowest BCUT2D eigenvalue weighted by Crippen LogP contribution is -2.11. The van der Waals surface area contributed by atoms with Crippen LogP contribution in [-0.2, 0) is 0 Å². The highest BCUT2D eigenvalue weighted by Crippen LogP contribution is 2.15. The molecule has 83 valence electrons. The van der Waals surface area contributed by atoms with E-state index in [4.69, 9.17) is 4.74 Å². The summed E-state index contributed by atoms with van der Waals surface area (Å²) in [6.07, 6.45) is 6.04. The van der Waals surface area contributed by atoms with E-state index in [1.807, 2.05) is 12.1 Å². The van der Waals surface area contributed by atoms with E-state index in [9.17, 15) is 0 Å². The number of hydrogen-bond donors (Lipinski definition) is 0. The first kappa shape index (κ1) is 12.1. The smallest absolute Gasteiger partial charge is 0.119 e. The number of ether oxygens (including phenoxy) is 1. The van der Waals surface area contributed by atoms with Crippen molar-refractivity contribution in [3.8, 4) is 5.75 Å². The minimum absolute atomic E-state index is 0.313. The number of hydrogen-bond acceptors (Lipinski definition) is 1. The summed E-state index contributed by atoms with van der Waals surface area (Å²) in [6, 6.07) is 8.25. The molecular weight excluding hydrogens is 184 g/mol. The lowest BCUT2D eigenvalue weighted by Gasteiger charge is -2.14. The molecule has 15 heavy (non-hydrogen) atoms. The van der Waals surface area contributed by atoms with Crippen LogP contribution in [0.1, 0.15) is 38.7 Å². The van der Waals surface area contributed by atoms with Gasteiger partial charge in [-0.3, -0.25) is 0 Å². The van der Waals surface area contributed by atoms with Gasteiger partial charge >= 0.3 is 0 Å². The molecule has 0 bridgehead atoms. The van der Waals surface area contributed by atoms with Crippen molar-refractivity contribution in [1.29, 1.82) is 0 Å². The molecule has 0 spiro atoms. The molecule has 1 nitrogen and oxygen atoms in total. The van der Waals surface area contributed by atoms with Crippen LogP contribution in [0.4, 0.5) is 0 Å². The van der Waals surface area contributed by atoms with Gasteiger partial charge in [0.1, 0.15) is 5.75 Å². The van der Waals surface area contributed by atoms with E-state index < -0.39 is 0 Å². The second kappa shape index (κ2) is 6.49. The molecule has 1 heteroatoms. The van der Waals surface area contributed by atoms with Gasteiger partial charge in [0.15, 0.2) is 0 Å². The molecule has 0 fully saturated rings. The first-order valence-electron chi connectivity index (χ1n) is 5.73. The van der Waals surface area contributed by atoms with Gasteiger partial charge in [0.05, 0.1) is 6.10 Å². The van der Waals surface area contributed by atoms with Crippen molar-refractivity contribution < 1.29 is 4.74 Å². The molecule has 0 saturated carbocycles. The zero-order chi connectivity index (χ0) is 11.1. The Hall–Kier alpha value is -0.980. The molecule has 0 aliphatic carbocycles. The van der Waals surface area contributed by atoms with E-state index in [0.29, 0.717) is 6.10 Å². The van der Waals surface area contributed by atoms with Crippen LogP contribution in [0.2, 0.25) is 0 Å². The van der Waals surface area contributed by atoms with Crippen LogP contribution in [0.15, 0.2) is 24.3 Å². The highest BCUT2D eigenvalue weighted by Gasteiger charge is 2.02. The van der Waals surface area contributed by atoms with Gasteiger partial charge < -0.3 is 4.74 Å². The van der Waals surface area contributed by atoms with Gasteiger partial charge in [0.2, 0.25) is 0 Å². The lowest BCUT2D eigenvalue weighted by molar-refractivity contribution is 0.208. The summed E-state index contributed by atoms with van der Waals surface area (Å²) in [5.74, 6) is 0.980. The van der Waals surface area contributed by atoms with Crippen molar-refractivity contribution in [2.24, 2.45) is 0 Å². The van der Waals surface area contributed by atoms with Crippen molar-refractivity contribution in [2.75, 3.05) is 0 Å². The molecule has 0 heterocycles. The fourth-order valence-corrected chi connectivity index (χ4v) is 1.52. The van der Waals surface area contributed by atoms with Crippen molar-refractivity contribution >= 4 is 0 Å². The second-order valence-corrected chi connectivity index (χ2v) is 4.08. The molecule has 1 atom stereocenters. The van der Waals surface area contributed by atoms with Gasteiger partial charge in [-0.15, -0.1) is 0 Å². The van der Waals surface area contributed by atoms with E-state index in [1.54, 1.807) is 0 Å². The molecule has 0 amide bonds. The Morgan fingerprint density at radius 3 is 2.53 bits per heavy atom. The van der Waals surface area contributed by atoms with Crippen molar-refractivity contribution in [3.05, 3.63) is 36.2 Å². The normalized spacial score (nSPS) is 12.5. The topological polar surface area (TPSA) is 9.23 Å². The Labute approximate surface area is 93.5 Å². The van der Waals surface area contributed by atoms with E-state index in [2.05, 4.69) is 39.3 Å². The summed E-state index contributed by atoms with van der Waals surface area (Å²) in [5, 5.41) is 0. The minimum atomic E-state index is 0.313. The number of aryl methyl sites for hydroxylation is 1. The first-order chi connectivity index (χ1) is 7.22. The second-order valence-electron chi connectivity index (χ2n) is 4.08. The molecule has 0 saturated heterocycles. The van der Waals surface area contributed by atoms with Gasteiger partial charge in [-0.1, -0.05) is 31.0 Å². The lowest BCUT2D eigenvalue weighted by atomic mass is 10.1. The molecule has 1 unspecified atom stereocenters. The molecule has 1 aromatic rings. The maximum Gasteiger partial charge on any atom is 0.119 e. The highest BCUT2D eigenvalue weighted by atomic mass is 16.5. The maximum atomic E-state index is 5.80.